The zero-order valence-corrected chi connectivity index (χ0v) is 24.1. The van der Waals surface area contributed by atoms with Crippen LogP contribution < -0.4 is 20.1 Å². The van der Waals surface area contributed by atoms with Gasteiger partial charge in [-0.2, -0.15) is 0 Å². The summed E-state index contributed by atoms with van der Waals surface area (Å²) in [6, 6.07) is 27.8. The standard InChI is InChI=1S/C33H32N4O3S/c1-4-6-24-11-15-29-30(17-18-34-33(29)36-24)37-31-20-27(40-21-23-7-5-8-26(19-23)39-3)12-16-32(31)41-28-13-9-25(10-14-28)35-22(2)38/h5,7-20H,4,6,21H2,1-3H3,(H,35,38)(H,34,36,37). The highest BCUT2D eigenvalue weighted by atomic mass is 32.2. The molecule has 8 heteroatoms. The van der Waals surface area contributed by atoms with Gasteiger partial charge in [0.2, 0.25) is 5.91 Å². The van der Waals surface area contributed by atoms with Crippen LogP contribution in [0.15, 0.2) is 101 Å². The highest BCUT2D eigenvalue weighted by Gasteiger charge is 2.12. The molecule has 41 heavy (non-hydrogen) atoms. The topological polar surface area (TPSA) is 85.4 Å². The van der Waals surface area contributed by atoms with Crippen molar-refractivity contribution in [2.45, 2.75) is 43.1 Å². The molecule has 5 rings (SSSR count). The first-order valence-corrected chi connectivity index (χ1v) is 14.3. The minimum absolute atomic E-state index is 0.0951. The summed E-state index contributed by atoms with van der Waals surface area (Å²) in [4.78, 5) is 22.7. The first kappa shape index (κ1) is 28.0. The lowest BCUT2D eigenvalue weighted by Gasteiger charge is -2.16. The van der Waals surface area contributed by atoms with Crippen molar-refractivity contribution < 1.29 is 14.3 Å². The molecular weight excluding hydrogens is 532 g/mol. The molecule has 208 valence electrons. The third-order valence-electron chi connectivity index (χ3n) is 6.33. The lowest BCUT2D eigenvalue weighted by Crippen LogP contribution is -2.05. The van der Waals surface area contributed by atoms with Crippen LogP contribution in [0.3, 0.4) is 0 Å². The SMILES string of the molecule is CCCc1ccc2c(Nc3cc(OCc4cccc(OC)c4)ccc3Sc3ccc(NC(C)=O)cc3)ccnc2n1. The van der Waals surface area contributed by atoms with E-state index in [1.54, 1.807) is 25.1 Å². The molecule has 0 fully saturated rings. The van der Waals surface area contributed by atoms with Crippen LogP contribution in [0.4, 0.5) is 17.1 Å². The number of hydrogen-bond acceptors (Lipinski definition) is 7. The Kier molecular flexibility index (Phi) is 9.01. The number of anilines is 3. The summed E-state index contributed by atoms with van der Waals surface area (Å²) in [5.41, 5.74) is 5.35. The van der Waals surface area contributed by atoms with Crippen molar-refractivity contribution in [2.75, 3.05) is 17.7 Å². The highest BCUT2D eigenvalue weighted by molar-refractivity contribution is 7.99. The molecule has 0 atom stereocenters. The van der Waals surface area contributed by atoms with E-state index in [-0.39, 0.29) is 5.91 Å². The summed E-state index contributed by atoms with van der Waals surface area (Å²) in [5.74, 6) is 1.44. The fraction of sp³-hybridized carbons (Fsp3) is 0.182. The average molecular weight is 565 g/mol. The van der Waals surface area contributed by atoms with E-state index >= 15 is 0 Å². The Balaban J connectivity index is 1.44. The number of fused-ring (bicyclic) bond motifs is 1. The maximum atomic E-state index is 11.4. The van der Waals surface area contributed by atoms with E-state index in [0.717, 1.165) is 67.8 Å². The zero-order chi connectivity index (χ0) is 28.6. The molecule has 7 nitrogen and oxygen atoms in total. The van der Waals surface area contributed by atoms with E-state index in [1.165, 1.54) is 6.92 Å². The molecule has 1 amide bonds. The van der Waals surface area contributed by atoms with Crippen molar-refractivity contribution in [1.82, 2.24) is 9.97 Å². The van der Waals surface area contributed by atoms with Crippen molar-refractivity contribution in [3.8, 4) is 11.5 Å². The van der Waals surface area contributed by atoms with E-state index in [4.69, 9.17) is 14.5 Å². The number of ether oxygens (including phenoxy) is 2. The molecule has 0 aliphatic carbocycles. The number of aryl methyl sites for hydroxylation is 1. The smallest absolute Gasteiger partial charge is 0.221 e. The molecule has 5 aromatic rings. The van der Waals surface area contributed by atoms with E-state index in [9.17, 15) is 4.79 Å². The number of carbonyl (C=O) groups is 1. The summed E-state index contributed by atoms with van der Waals surface area (Å²) in [6.07, 6.45) is 3.74. The van der Waals surface area contributed by atoms with Crippen LogP contribution >= 0.6 is 11.8 Å². The number of pyridine rings is 2. The van der Waals surface area contributed by atoms with E-state index in [2.05, 4.69) is 40.7 Å². The van der Waals surface area contributed by atoms with Gasteiger partial charge in [-0.15, -0.1) is 0 Å². The van der Waals surface area contributed by atoms with Crippen LogP contribution in [0, 0.1) is 0 Å². The van der Waals surface area contributed by atoms with Crippen molar-refractivity contribution in [1.29, 1.82) is 0 Å². The molecule has 0 aliphatic rings. The lowest BCUT2D eigenvalue weighted by molar-refractivity contribution is -0.114. The molecule has 2 heterocycles. The zero-order valence-electron chi connectivity index (χ0n) is 23.3. The number of nitrogens with one attached hydrogen (secondary N) is 2. The number of benzene rings is 3. The van der Waals surface area contributed by atoms with Crippen molar-refractivity contribution in [3.05, 3.63) is 102 Å². The number of carbonyl (C=O) groups excluding carboxylic acids is 1. The van der Waals surface area contributed by atoms with Gasteiger partial charge in [-0.05, 0) is 78.7 Å². The third-order valence-corrected chi connectivity index (χ3v) is 7.41. The summed E-state index contributed by atoms with van der Waals surface area (Å²) in [5, 5.41) is 7.39. The first-order valence-electron chi connectivity index (χ1n) is 13.5. The number of methoxy groups -OCH3 is 1. The second-order valence-corrected chi connectivity index (χ2v) is 10.6. The van der Waals surface area contributed by atoms with Crippen LogP contribution in [0.1, 0.15) is 31.5 Å². The van der Waals surface area contributed by atoms with Gasteiger partial charge in [0.05, 0.1) is 18.5 Å². The Labute approximate surface area is 244 Å². The summed E-state index contributed by atoms with van der Waals surface area (Å²) in [6.45, 7) is 4.06. The monoisotopic (exact) mass is 564 g/mol. The van der Waals surface area contributed by atoms with E-state index in [0.29, 0.717) is 12.3 Å². The van der Waals surface area contributed by atoms with Crippen LogP contribution in [-0.2, 0) is 17.8 Å². The van der Waals surface area contributed by atoms with Gasteiger partial charge in [0.15, 0.2) is 5.65 Å². The largest absolute Gasteiger partial charge is 0.497 e. The van der Waals surface area contributed by atoms with Gasteiger partial charge in [-0.3, -0.25) is 4.79 Å². The van der Waals surface area contributed by atoms with Crippen molar-refractivity contribution in [2.24, 2.45) is 0 Å². The number of amides is 1. The minimum atomic E-state index is -0.0951. The Hall–Kier alpha value is -4.56. The Morgan fingerprint density at radius 3 is 2.56 bits per heavy atom. The molecule has 0 bridgehead atoms. The molecule has 0 aliphatic heterocycles. The molecule has 2 N–H and O–H groups in total. The molecule has 0 saturated heterocycles. The van der Waals surface area contributed by atoms with E-state index in [1.807, 2.05) is 66.7 Å². The van der Waals surface area contributed by atoms with Crippen LogP contribution in [0.25, 0.3) is 11.0 Å². The summed E-state index contributed by atoms with van der Waals surface area (Å²) in [7, 11) is 1.66. The molecule has 3 aromatic carbocycles. The maximum absolute atomic E-state index is 11.4. The van der Waals surface area contributed by atoms with Gasteiger partial charge >= 0.3 is 0 Å². The molecular formula is C33H32N4O3S. The Morgan fingerprint density at radius 2 is 1.78 bits per heavy atom. The predicted octanol–water partition coefficient (Wildman–Crippen LogP) is 8.02. The van der Waals surface area contributed by atoms with Crippen LogP contribution in [0.5, 0.6) is 11.5 Å². The quantitative estimate of drug-likeness (QED) is 0.168. The first-order chi connectivity index (χ1) is 20.0. The van der Waals surface area contributed by atoms with Gasteiger partial charge in [-0.1, -0.05) is 37.2 Å². The normalized spacial score (nSPS) is 10.8. The molecule has 0 radical (unpaired) electrons. The fourth-order valence-corrected chi connectivity index (χ4v) is 5.25. The second-order valence-electron chi connectivity index (χ2n) is 9.51. The Morgan fingerprint density at radius 1 is 0.927 bits per heavy atom. The number of hydrogen-bond donors (Lipinski definition) is 2. The van der Waals surface area contributed by atoms with Crippen LogP contribution in [0.2, 0.25) is 0 Å². The summed E-state index contributed by atoms with van der Waals surface area (Å²) < 4.78 is 11.5. The Bertz CT molecular complexity index is 1660. The number of nitrogens with zero attached hydrogens (tertiary/aromatic N) is 2. The number of rotatable bonds is 11. The molecule has 0 unspecified atom stereocenters. The number of aromatic nitrogens is 2. The highest BCUT2D eigenvalue weighted by Crippen LogP contribution is 2.38. The molecule has 0 saturated carbocycles. The van der Waals surface area contributed by atoms with Gasteiger partial charge in [0.25, 0.3) is 0 Å². The van der Waals surface area contributed by atoms with Gasteiger partial charge in [0.1, 0.15) is 18.1 Å². The van der Waals surface area contributed by atoms with Crippen LogP contribution in [-0.4, -0.2) is 23.0 Å². The minimum Gasteiger partial charge on any atom is -0.497 e. The summed E-state index contributed by atoms with van der Waals surface area (Å²) >= 11 is 1.63. The predicted molar refractivity (Wildman–Crippen MR) is 165 cm³/mol. The lowest BCUT2D eigenvalue weighted by atomic mass is 10.2. The second kappa shape index (κ2) is 13.2. The average Bonchev–Trinajstić information content (AvgIpc) is 2.98. The van der Waals surface area contributed by atoms with Gasteiger partial charge in [-0.25, -0.2) is 9.97 Å². The van der Waals surface area contributed by atoms with Gasteiger partial charge < -0.3 is 20.1 Å². The van der Waals surface area contributed by atoms with Gasteiger partial charge in [0, 0.05) is 45.7 Å². The molecule has 2 aromatic heterocycles. The molecule has 0 spiro atoms. The maximum Gasteiger partial charge on any atom is 0.221 e. The van der Waals surface area contributed by atoms with E-state index < -0.39 is 0 Å². The third kappa shape index (κ3) is 7.35. The van der Waals surface area contributed by atoms with Crippen molar-refractivity contribution in [3.63, 3.8) is 0 Å². The fourth-order valence-electron chi connectivity index (χ4n) is 4.37. The van der Waals surface area contributed by atoms with Crippen molar-refractivity contribution >= 4 is 45.8 Å².